The number of aromatic nitrogens is 2. The lowest BCUT2D eigenvalue weighted by molar-refractivity contribution is 0.00689. The number of nitrogens with zero attached hydrogens (tertiary/aromatic N) is 4. The molecule has 1 aliphatic carbocycles. The number of piperidine rings is 1. The van der Waals surface area contributed by atoms with Gasteiger partial charge in [-0.15, -0.1) is 0 Å². The lowest BCUT2D eigenvalue weighted by atomic mass is 9.83. The number of benzene rings is 2. The van der Waals surface area contributed by atoms with Gasteiger partial charge in [0.2, 0.25) is 0 Å². The summed E-state index contributed by atoms with van der Waals surface area (Å²) >= 11 is 0. The largest absolute Gasteiger partial charge is 0.373 e. The molecule has 8 nitrogen and oxygen atoms in total. The summed E-state index contributed by atoms with van der Waals surface area (Å²) in [5.41, 5.74) is 7.75. The van der Waals surface area contributed by atoms with Crippen LogP contribution >= 0.6 is 0 Å². The molecule has 1 aromatic heterocycles. The highest BCUT2D eigenvalue weighted by atomic mass is 19.1. The molecule has 2 heterocycles. The highest BCUT2D eigenvalue weighted by Crippen LogP contribution is 2.38. The zero-order valence-electron chi connectivity index (χ0n) is 20.6. The number of amides is 1. The average Bonchev–Trinajstić information content (AvgIpc) is 3.67. The molecule has 1 unspecified atom stereocenters. The number of halogens is 1. The van der Waals surface area contributed by atoms with Crippen LogP contribution in [-0.2, 0) is 12.1 Å². The Morgan fingerprint density at radius 1 is 1.22 bits per heavy atom. The van der Waals surface area contributed by atoms with Gasteiger partial charge in [0.05, 0.1) is 12.5 Å². The van der Waals surface area contributed by atoms with Crippen molar-refractivity contribution in [1.29, 1.82) is 5.26 Å². The highest BCUT2D eigenvalue weighted by Gasteiger charge is 2.47. The van der Waals surface area contributed by atoms with E-state index in [-0.39, 0.29) is 30.3 Å². The van der Waals surface area contributed by atoms with Crippen molar-refractivity contribution >= 4 is 11.7 Å². The van der Waals surface area contributed by atoms with Crippen molar-refractivity contribution in [3.8, 4) is 17.2 Å². The third-order valence-electron chi connectivity index (χ3n) is 7.50. The third kappa shape index (κ3) is 5.22. The van der Waals surface area contributed by atoms with E-state index in [0.29, 0.717) is 19.5 Å². The van der Waals surface area contributed by atoms with Crippen LogP contribution in [0.15, 0.2) is 60.8 Å². The molecule has 1 amide bonds. The van der Waals surface area contributed by atoms with Crippen LogP contribution in [-0.4, -0.2) is 51.2 Å². The van der Waals surface area contributed by atoms with Gasteiger partial charge >= 0.3 is 0 Å². The van der Waals surface area contributed by atoms with Crippen LogP contribution in [0.1, 0.15) is 41.6 Å². The fourth-order valence-electron chi connectivity index (χ4n) is 5.07. The molecule has 1 aliphatic heterocycles. The van der Waals surface area contributed by atoms with E-state index in [1.807, 2.05) is 23.1 Å². The smallest absolute Gasteiger partial charge is 0.254 e. The SMILES string of the molecule is N#CC[C@@]1(n2cc(C(N)=O)c(NC(O)C3CC3)n2)CCN(Cc2ccc(-c3ccccc3)cc2)C[C@@H]1F. The molecule has 4 N–H and O–H groups in total. The summed E-state index contributed by atoms with van der Waals surface area (Å²) in [5.74, 6) is -0.508. The lowest BCUT2D eigenvalue weighted by Crippen LogP contribution is -2.54. The summed E-state index contributed by atoms with van der Waals surface area (Å²) < 4.78 is 17.3. The third-order valence-corrected chi connectivity index (χ3v) is 7.50. The van der Waals surface area contributed by atoms with Gasteiger partial charge in [0.1, 0.15) is 23.5 Å². The van der Waals surface area contributed by atoms with Crippen molar-refractivity contribution < 1.29 is 14.3 Å². The maximum Gasteiger partial charge on any atom is 0.254 e. The Kier molecular flexibility index (Phi) is 6.96. The molecule has 2 aromatic carbocycles. The van der Waals surface area contributed by atoms with Crippen molar-refractivity contribution in [1.82, 2.24) is 14.7 Å². The first kappa shape index (κ1) is 24.9. The Hall–Kier alpha value is -3.74. The fraction of sp³-hybridized carbons (Fsp3) is 0.393. The van der Waals surface area contributed by atoms with Crippen LogP contribution in [0.2, 0.25) is 0 Å². The van der Waals surface area contributed by atoms with Crippen LogP contribution in [0.4, 0.5) is 10.2 Å². The number of carbonyl (C=O) groups excluding carboxylic acids is 1. The Labute approximate surface area is 215 Å². The van der Waals surface area contributed by atoms with Crippen molar-refractivity contribution in [3.63, 3.8) is 0 Å². The first-order chi connectivity index (χ1) is 17.9. The molecule has 3 atom stereocenters. The molecule has 2 fully saturated rings. The van der Waals surface area contributed by atoms with E-state index in [0.717, 1.165) is 29.5 Å². The number of nitriles is 1. The Morgan fingerprint density at radius 3 is 2.54 bits per heavy atom. The number of alkyl halides is 1. The standard InChI is InChI=1S/C28H31FN6O2/c29-24-18-34(16-19-6-8-21(9-7-19)20-4-2-1-3-5-20)15-13-28(24,12-14-30)35-17-23(25(31)36)26(33-35)32-27(37)22-10-11-22/h1-9,17,22,24,27,37H,10-13,15-16,18H2,(H2,31,36)(H,32,33)/t24-,27?,28+/m0/s1. The number of nitrogens with one attached hydrogen (secondary N) is 1. The second kappa shape index (κ2) is 10.3. The number of nitrogens with two attached hydrogens (primary N) is 1. The summed E-state index contributed by atoms with van der Waals surface area (Å²) in [6, 6.07) is 20.5. The number of aliphatic hydroxyl groups is 1. The number of hydrogen-bond acceptors (Lipinski definition) is 6. The molecule has 3 aromatic rings. The second-order valence-corrected chi connectivity index (χ2v) is 10.1. The van der Waals surface area contributed by atoms with Gasteiger partial charge in [0.15, 0.2) is 5.82 Å². The maximum atomic E-state index is 15.9. The number of carbonyl (C=O) groups is 1. The molecule has 192 valence electrons. The van der Waals surface area contributed by atoms with Gasteiger partial charge < -0.3 is 16.2 Å². The molecule has 2 aliphatic rings. The minimum absolute atomic E-state index is 0.0742. The second-order valence-electron chi connectivity index (χ2n) is 10.1. The lowest BCUT2D eigenvalue weighted by Gasteiger charge is -2.43. The van der Waals surface area contributed by atoms with E-state index in [2.05, 4.69) is 52.9 Å². The first-order valence-electron chi connectivity index (χ1n) is 12.6. The molecule has 5 rings (SSSR count). The number of aliphatic hydroxyl groups excluding tert-OH is 1. The average molecular weight is 503 g/mol. The quantitative estimate of drug-likeness (QED) is 0.384. The predicted octanol–water partition coefficient (Wildman–Crippen LogP) is 3.64. The summed E-state index contributed by atoms with van der Waals surface area (Å²) in [7, 11) is 0. The van der Waals surface area contributed by atoms with Crippen LogP contribution in [0, 0.1) is 17.2 Å². The summed E-state index contributed by atoms with van der Waals surface area (Å²) in [4.78, 5) is 14.1. The number of likely N-dealkylation sites (tertiary alicyclic amines) is 1. The van der Waals surface area contributed by atoms with E-state index >= 15 is 4.39 Å². The minimum Gasteiger partial charge on any atom is -0.373 e. The fourth-order valence-corrected chi connectivity index (χ4v) is 5.07. The number of rotatable bonds is 9. The summed E-state index contributed by atoms with van der Waals surface area (Å²) in [5, 5.41) is 27.2. The van der Waals surface area contributed by atoms with Gasteiger partial charge in [-0.25, -0.2) is 4.39 Å². The van der Waals surface area contributed by atoms with Gasteiger partial charge in [-0.1, -0.05) is 54.6 Å². The normalized spacial score (nSPS) is 22.8. The molecule has 0 radical (unpaired) electrons. The monoisotopic (exact) mass is 502 g/mol. The van der Waals surface area contributed by atoms with E-state index in [1.54, 1.807) is 0 Å². The van der Waals surface area contributed by atoms with Crippen LogP contribution in [0.3, 0.4) is 0 Å². The number of hydrogen-bond donors (Lipinski definition) is 3. The highest BCUT2D eigenvalue weighted by molar-refractivity contribution is 5.97. The molecule has 1 saturated heterocycles. The summed E-state index contributed by atoms with van der Waals surface area (Å²) in [6.45, 7) is 1.27. The minimum atomic E-state index is -1.40. The molecule has 0 bridgehead atoms. The van der Waals surface area contributed by atoms with E-state index in [4.69, 9.17) is 5.73 Å². The van der Waals surface area contributed by atoms with Crippen LogP contribution < -0.4 is 11.1 Å². The molecular formula is C28H31FN6O2. The summed E-state index contributed by atoms with van der Waals surface area (Å²) in [6.07, 6.45) is 1.17. The Morgan fingerprint density at radius 2 is 1.92 bits per heavy atom. The number of primary amides is 1. The first-order valence-corrected chi connectivity index (χ1v) is 12.6. The number of anilines is 1. The van der Waals surface area contributed by atoms with Crippen molar-refractivity contribution in [2.24, 2.45) is 11.7 Å². The Balaban J connectivity index is 1.31. The van der Waals surface area contributed by atoms with Gasteiger partial charge in [-0.2, -0.15) is 10.4 Å². The maximum absolute atomic E-state index is 15.9. The predicted molar refractivity (Wildman–Crippen MR) is 138 cm³/mol. The Bertz CT molecular complexity index is 1280. The van der Waals surface area contributed by atoms with Crippen molar-refractivity contribution in [2.45, 2.75) is 50.2 Å². The zero-order chi connectivity index (χ0) is 26.0. The molecule has 9 heteroatoms. The molecule has 37 heavy (non-hydrogen) atoms. The molecular weight excluding hydrogens is 471 g/mol. The van der Waals surface area contributed by atoms with Gasteiger partial charge in [0, 0.05) is 31.7 Å². The van der Waals surface area contributed by atoms with Crippen LogP contribution in [0.25, 0.3) is 11.1 Å². The van der Waals surface area contributed by atoms with Crippen molar-refractivity contribution in [3.05, 3.63) is 71.9 Å². The molecule has 1 saturated carbocycles. The van der Waals surface area contributed by atoms with Gasteiger partial charge in [-0.3, -0.25) is 14.4 Å². The van der Waals surface area contributed by atoms with Crippen LogP contribution in [0.5, 0.6) is 0 Å². The van der Waals surface area contributed by atoms with E-state index in [9.17, 15) is 15.2 Å². The van der Waals surface area contributed by atoms with Crippen molar-refractivity contribution in [2.75, 3.05) is 18.4 Å². The van der Waals surface area contributed by atoms with E-state index in [1.165, 1.54) is 10.9 Å². The molecule has 0 spiro atoms. The van der Waals surface area contributed by atoms with E-state index < -0.39 is 23.8 Å². The van der Waals surface area contributed by atoms with Gasteiger partial charge in [0.25, 0.3) is 5.91 Å². The zero-order valence-corrected chi connectivity index (χ0v) is 20.6. The van der Waals surface area contributed by atoms with Gasteiger partial charge in [-0.05, 0) is 36.0 Å². The topological polar surface area (TPSA) is 120 Å².